The molecule has 1 aliphatic carbocycles. The van der Waals surface area contributed by atoms with Gasteiger partial charge >= 0.3 is 0 Å². The van der Waals surface area contributed by atoms with Crippen molar-refractivity contribution in [1.82, 2.24) is 0 Å². The third kappa shape index (κ3) is 2.12. The quantitative estimate of drug-likeness (QED) is 0.477. The Labute approximate surface area is 77.1 Å². The summed E-state index contributed by atoms with van der Waals surface area (Å²) in [5.74, 6) is 1.65. The molecule has 70 valence electrons. The Bertz CT molecular complexity index is 181. The summed E-state index contributed by atoms with van der Waals surface area (Å²) in [4.78, 5) is 0. The first kappa shape index (κ1) is 9.83. The molecule has 12 heavy (non-hydrogen) atoms. The van der Waals surface area contributed by atoms with Crippen molar-refractivity contribution in [1.29, 1.82) is 0 Å². The van der Waals surface area contributed by atoms with Crippen molar-refractivity contribution in [3.8, 4) is 0 Å². The van der Waals surface area contributed by atoms with Crippen molar-refractivity contribution in [3.05, 3.63) is 11.6 Å². The molecule has 0 aromatic rings. The summed E-state index contributed by atoms with van der Waals surface area (Å²) < 4.78 is 0. The van der Waals surface area contributed by atoms with E-state index in [9.17, 15) is 0 Å². The predicted molar refractivity (Wildman–Crippen MR) is 55.1 cm³/mol. The standard InChI is InChI=1S/C12H22/c1-9-6-7-11(10(2)8-9)12(3,4)5/h8,10-11H,6-7H2,1-5H3. The van der Waals surface area contributed by atoms with Gasteiger partial charge < -0.3 is 0 Å². The molecule has 0 aromatic heterocycles. The van der Waals surface area contributed by atoms with E-state index in [1.54, 1.807) is 5.57 Å². The maximum Gasteiger partial charge on any atom is -0.0226 e. The highest BCUT2D eigenvalue weighted by Crippen LogP contribution is 2.40. The van der Waals surface area contributed by atoms with Crippen LogP contribution in [0.15, 0.2) is 11.6 Å². The lowest BCUT2D eigenvalue weighted by molar-refractivity contribution is 0.172. The van der Waals surface area contributed by atoms with E-state index in [-0.39, 0.29) is 0 Å². The molecule has 0 spiro atoms. The van der Waals surface area contributed by atoms with Gasteiger partial charge in [-0.25, -0.2) is 0 Å². The van der Waals surface area contributed by atoms with Crippen LogP contribution in [0.2, 0.25) is 0 Å². The average Bonchev–Trinajstić information content (AvgIpc) is 1.83. The van der Waals surface area contributed by atoms with Gasteiger partial charge in [0, 0.05) is 0 Å². The van der Waals surface area contributed by atoms with E-state index in [2.05, 4.69) is 40.7 Å². The Morgan fingerprint density at radius 2 is 1.92 bits per heavy atom. The molecule has 0 bridgehead atoms. The lowest BCUT2D eigenvalue weighted by Crippen LogP contribution is -2.28. The second-order valence-corrected chi connectivity index (χ2v) is 5.38. The van der Waals surface area contributed by atoms with Crippen LogP contribution in [-0.2, 0) is 0 Å². The molecule has 0 nitrogen and oxygen atoms in total. The Balaban J connectivity index is 2.72. The molecule has 0 aliphatic heterocycles. The maximum absolute atomic E-state index is 2.46. The van der Waals surface area contributed by atoms with Crippen LogP contribution in [0, 0.1) is 17.3 Å². The Morgan fingerprint density at radius 3 is 2.33 bits per heavy atom. The minimum absolute atomic E-state index is 0.483. The fourth-order valence-electron chi connectivity index (χ4n) is 2.52. The SMILES string of the molecule is CC1=CC(C)C(C(C)(C)C)CC1. The van der Waals surface area contributed by atoms with Gasteiger partial charge in [-0.3, -0.25) is 0 Å². The van der Waals surface area contributed by atoms with Crippen molar-refractivity contribution < 1.29 is 0 Å². The zero-order valence-electron chi connectivity index (χ0n) is 9.15. The van der Waals surface area contributed by atoms with Crippen LogP contribution >= 0.6 is 0 Å². The molecule has 0 heteroatoms. The molecule has 1 aliphatic rings. The van der Waals surface area contributed by atoms with Crippen molar-refractivity contribution >= 4 is 0 Å². The number of allylic oxidation sites excluding steroid dienone is 2. The first-order chi connectivity index (χ1) is 5.41. The fraction of sp³-hybridized carbons (Fsp3) is 0.833. The number of rotatable bonds is 0. The van der Waals surface area contributed by atoms with Gasteiger partial charge in [0.2, 0.25) is 0 Å². The number of hydrogen-bond acceptors (Lipinski definition) is 0. The van der Waals surface area contributed by atoms with Crippen molar-refractivity contribution in [2.24, 2.45) is 17.3 Å². The van der Waals surface area contributed by atoms with E-state index in [0.29, 0.717) is 5.41 Å². The van der Waals surface area contributed by atoms with Crippen molar-refractivity contribution in [2.45, 2.75) is 47.5 Å². The van der Waals surface area contributed by atoms with Gasteiger partial charge in [-0.15, -0.1) is 0 Å². The molecule has 0 radical (unpaired) electrons. The smallest absolute Gasteiger partial charge is 0.0226 e. The van der Waals surface area contributed by atoms with Crippen LogP contribution in [-0.4, -0.2) is 0 Å². The van der Waals surface area contributed by atoms with Gasteiger partial charge in [-0.1, -0.05) is 39.3 Å². The Hall–Kier alpha value is -0.260. The lowest BCUT2D eigenvalue weighted by Gasteiger charge is -2.37. The minimum atomic E-state index is 0.483. The monoisotopic (exact) mass is 166 g/mol. The molecule has 0 aromatic carbocycles. The fourth-order valence-corrected chi connectivity index (χ4v) is 2.52. The van der Waals surface area contributed by atoms with Gasteiger partial charge in [0.1, 0.15) is 0 Å². The van der Waals surface area contributed by atoms with Gasteiger partial charge in [0.15, 0.2) is 0 Å². The molecular formula is C12H22. The number of hydrogen-bond donors (Lipinski definition) is 0. The van der Waals surface area contributed by atoms with Crippen LogP contribution in [0.25, 0.3) is 0 Å². The van der Waals surface area contributed by atoms with Crippen LogP contribution in [0.4, 0.5) is 0 Å². The highest BCUT2D eigenvalue weighted by molar-refractivity contribution is 5.07. The van der Waals surface area contributed by atoms with E-state index < -0.39 is 0 Å². The lowest BCUT2D eigenvalue weighted by atomic mass is 9.68. The molecule has 2 atom stereocenters. The Kier molecular flexibility index (Phi) is 2.65. The highest BCUT2D eigenvalue weighted by atomic mass is 14.3. The van der Waals surface area contributed by atoms with Gasteiger partial charge in [-0.2, -0.15) is 0 Å². The molecule has 1 rings (SSSR count). The third-order valence-electron chi connectivity index (χ3n) is 3.14. The second-order valence-electron chi connectivity index (χ2n) is 5.38. The second kappa shape index (κ2) is 3.24. The summed E-state index contributed by atoms with van der Waals surface area (Å²) in [6.07, 6.45) is 5.15. The molecule has 0 amide bonds. The van der Waals surface area contributed by atoms with Crippen molar-refractivity contribution in [2.75, 3.05) is 0 Å². The predicted octanol–water partition coefficient (Wildman–Crippen LogP) is 4.02. The normalized spacial score (nSPS) is 31.6. The van der Waals surface area contributed by atoms with E-state index in [1.165, 1.54) is 12.8 Å². The molecular weight excluding hydrogens is 144 g/mol. The van der Waals surface area contributed by atoms with Crippen LogP contribution < -0.4 is 0 Å². The van der Waals surface area contributed by atoms with E-state index >= 15 is 0 Å². The first-order valence-corrected chi connectivity index (χ1v) is 5.08. The largest absolute Gasteiger partial charge is 0.0825 e. The topological polar surface area (TPSA) is 0 Å². The van der Waals surface area contributed by atoms with Crippen molar-refractivity contribution in [3.63, 3.8) is 0 Å². The summed E-state index contributed by atoms with van der Waals surface area (Å²) >= 11 is 0. The summed E-state index contributed by atoms with van der Waals surface area (Å²) in [6.45, 7) is 11.7. The summed E-state index contributed by atoms with van der Waals surface area (Å²) in [7, 11) is 0. The summed E-state index contributed by atoms with van der Waals surface area (Å²) in [6, 6.07) is 0. The van der Waals surface area contributed by atoms with Crippen LogP contribution in [0.3, 0.4) is 0 Å². The van der Waals surface area contributed by atoms with Crippen LogP contribution in [0.5, 0.6) is 0 Å². The minimum Gasteiger partial charge on any atom is -0.0825 e. The molecule has 0 heterocycles. The van der Waals surface area contributed by atoms with Crippen LogP contribution in [0.1, 0.15) is 47.5 Å². The van der Waals surface area contributed by atoms with E-state index in [1.807, 2.05) is 0 Å². The zero-order valence-corrected chi connectivity index (χ0v) is 9.15. The first-order valence-electron chi connectivity index (χ1n) is 5.08. The highest BCUT2D eigenvalue weighted by Gasteiger charge is 2.30. The third-order valence-corrected chi connectivity index (χ3v) is 3.14. The van der Waals surface area contributed by atoms with E-state index in [4.69, 9.17) is 0 Å². The van der Waals surface area contributed by atoms with Gasteiger partial charge in [0.05, 0.1) is 0 Å². The molecule has 2 unspecified atom stereocenters. The summed E-state index contributed by atoms with van der Waals surface area (Å²) in [5, 5.41) is 0. The molecule has 0 saturated heterocycles. The summed E-state index contributed by atoms with van der Waals surface area (Å²) in [5.41, 5.74) is 2.07. The molecule has 0 fully saturated rings. The zero-order chi connectivity index (χ0) is 9.35. The molecule has 0 saturated carbocycles. The maximum atomic E-state index is 2.46. The van der Waals surface area contributed by atoms with E-state index in [0.717, 1.165) is 11.8 Å². The Morgan fingerprint density at radius 1 is 1.33 bits per heavy atom. The molecule has 0 N–H and O–H groups in total. The average molecular weight is 166 g/mol. The van der Waals surface area contributed by atoms with Gasteiger partial charge in [0.25, 0.3) is 0 Å². The van der Waals surface area contributed by atoms with Gasteiger partial charge in [-0.05, 0) is 37.0 Å².